The predicted octanol–water partition coefficient (Wildman–Crippen LogP) is -0.908. The molecule has 1 aromatic carbocycles. The van der Waals surface area contributed by atoms with Gasteiger partial charge in [-0.25, -0.2) is 0 Å². The van der Waals surface area contributed by atoms with E-state index in [-0.39, 0.29) is 17.3 Å². The van der Waals surface area contributed by atoms with Gasteiger partial charge >= 0.3 is 0 Å². The standard InChI is InChI=1S/C16H22O8/c1-8(18)2-3-9-4-5-10(19)11(6-9)23-16-15(22)14(21)13(20)12(7-17)24-16/h4-6,12-17,19-22H,2-3,7H2,1H3/t12-,13-,14+,15-,16-/m0/s1. The summed E-state index contributed by atoms with van der Waals surface area (Å²) < 4.78 is 10.6. The summed E-state index contributed by atoms with van der Waals surface area (Å²) in [5, 5.41) is 48.5. The summed E-state index contributed by atoms with van der Waals surface area (Å²) >= 11 is 0. The Labute approximate surface area is 138 Å². The minimum absolute atomic E-state index is 0.000353. The van der Waals surface area contributed by atoms with Crippen molar-refractivity contribution in [3.8, 4) is 11.5 Å². The van der Waals surface area contributed by atoms with Gasteiger partial charge in [0.25, 0.3) is 0 Å². The number of hydrogen-bond donors (Lipinski definition) is 5. The van der Waals surface area contributed by atoms with Crippen molar-refractivity contribution in [2.24, 2.45) is 0 Å². The number of phenols is 1. The molecule has 5 atom stereocenters. The molecule has 1 aliphatic rings. The molecule has 8 heteroatoms. The van der Waals surface area contributed by atoms with Crippen LogP contribution in [0.5, 0.6) is 11.5 Å². The van der Waals surface area contributed by atoms with E-state index in [4.69, 9.17) is 14.6 Å². The third-order valence-corrected chi connectivity index (χ3v) is 3.88. The van der Waals surface area contributed by atoms with Gasteiger partial charge < -0.3 is 39.8 Å². The molecule has 24 heavy (non-hydrogen) atoms. The van der Waals surface area contributed by atoms with Crippen molar-refractivity contribution in [2.45, 2.75) is 50.5 Å². The maximum atomic E-state index is 11.1. The van der Waals surface area contributed by atoms with Gasteiger partial charge in [-0.15, -0.1) is 0 Å². The van der Waals surface area contributed by atoms with Gasteiger partial charge in [0.15, 0.2) is 11.5 Å². The molecular weight excluding hydrogens is 320 g/mol. The lowest BCUT2D eigenvalue weighted by Crippen LogP contribution is -2.60. The molecule has 0 radical (unpaired) electrons. The fraction of sp³-hybridized carbons (Fsp3) is 0.562. The van der Waals surface area contributed by atoms with Crippen molar-refractivity contribution in [1.82, 2.24) is 0 Å². The predicted molar refractivity (Wildman–Crippen MR) is 81.5 cm³/mol. The Morgan fingerprint density at radius 3 is 2.54 bits per heavy atom. The number of carbonyl (C=O) groups excluding carboxylic acids is 1. The summed E-state index contributed by atoms with van der Waals surface area (Å²) in [5.74, 6) is -0.182. The minimum Gasteiger partial charge on any atom is -0.504 e. The Kier molecular flexibility index (Phi) is 6.14. The van der Waals surface area contributed by atoms with E-state index in [0.29, 0.717) is 12.8 Å². The molecule has 1 aromatic rings. The van der Waals surface area contributed by atoms with Crippen LogP contribution in [0.2, 0.25) is 0 Å². The highest BCUT2D eigenvalue weighted by molar-refractivity contribution is 5.75. The van der Waals surface area contributed by atoms with Crippen LogP contribution in [0.1, 0.15) is 18.9 Å². The van der Waals surface area contributed by atoms with E-state index in [9.17, 15) is 25.2 Å². The van der Waals surface area contributed by atoms with Crippen LogP contribution in [0.4, 0.5) is 0 Å². The van der Waals surface area contributed by atoms with Crippen LogP contribution < -0.4 is 4.74 Å². The molecule has 0 unspecified atom stereocenters. The van der Waals surface area contributed by atoms with E-state index in [1.54, 1.807) is 6.07 Å². The minimum atomic E-state index is -1.57. The molecule has 8 nitrogen and oxygen atoms in total. The quantitative estimate of drug-likeness (QED) is 0.448. The van der Waals surface area contributed by atoms with Gasteiger partial charge in [0.1, 0.15) is 30.2 Å². The summed E-state index contributed by atoms with van der Waals surface area (Å²) in [6, 6.07) is 4.52. The van der Waals surface area contributed by atoms with Crippen molar-refractivity contribution in [3.63, 3.8) is 0 Å². The lowest BCUT2D eigenvalue weighted by atomic mass is 9.99. The van der Waals surface area contributed by atoms with Crippen LogP contribution in [0.15, 0.2) is 18.2 Å². The molecule has 1 fully saturated rings. The third-order valence-electron chi connectivity index (χ3n) is 3.88. The molecule has 0 bridgehead atoms. The molecule has 5 N–H and O–H groups in total. The average molecular weight is 342 g/mol. The van der Waals surface area contributed by atoms with Crippen LogP contribution in [0.3, 0.4) is 0 Å². The Balaban J connectivity index is 2.14. The molecule has 1 heterocycles. The largest absolute Gasteiger partial charge is 0.504 e. The Morgan fingerprint density at radius 1 is 1.21 bits per heavy atom. The monoisotopic (exact) mass is 342 g/mol. The molecule has 2 rings (SSSR count). The maximum Gasteiger partial charge on any atom is 0.229 e. The first-order valence-electron chi connectivity index (χ1n) is 7.62. The first-order valence-corrected chi connectivity index (χ1v) is 7.62. The van der Waals surface area contributed by atoms with Crippen LogP contribution in [-0.4, -0.2) is 68.6 Å². The van der Waals surface area contributed by atoms with Gasteiger partial charge in [-0.3, -0.25) is 0 Å². The second-order valence-electron chi connectivity index (χ2n) is 5.82. The zero-order valence-corrected chi connectivity index (χ0v) is 13.2. The van der Waals surface area contributed by atoms with Crippen LogP contribution >= 0.6 is 0 Å². The van der Waals surface area contributed by atoms with Crippen LogP contribution in [0.25, 0.3) is 0 Å². The number of aromatic hydroxyl groups is 1. The summed E-state index contributed by atoms with van der Waals surface area (Å²) in [5.41, 5.74) is 0.739. The van der Waals surface area contributed by atoms with Crippen molar-refractivity contribution in [2.75, 3.05) is 6.61 Å². The van der Waals surface area contributed by atoms with E-state index in [1.165, 1.54) is 19.1 Å². The highest BCUT2D eigenvalue weighted by atomic mass is 16.7. The lowest BCUT2D eigenvalue weighted by molar-refractivity contribution is -0.277. The van der Waals surface area contributed by atoms with Gasteiger partial charge in [-0.05, 0) is 31.0 Å². The zero-order valence-electron chi connectivity index (χ0n) is 13.2. The summed E-state index contributed by atoms with van der Waals surface area (Å²) in [7, 11) is 0. The average Bonchev–Trinajstić information content (AvgIpc) is 2.55. The van der Waals surface area contributed by atoms with E-state index in [0.717, 1.165) is 5.56 Å². The number of benzene rings is 1. The van der Waals surface area contributed by atoms with Crippen LogP contribution in [0, 0.1) is 0 Å². The molecular formula is C16H22O8. The fourth-order valence-electron chi connectivity index (χ4n) is 2.42. The molecule has 0 saturated carbocycles. The normalized spacial score (nSPS) is 30.1. The molecule has 0 spiro atoms. The molecule has 1 saturated heterocycles. The van der Waals surface area contributed by atoms with E-state index in [1.807, 2.05) is 0 Å². The number of aliphatic hydroxyl groups is 4. The Hall–Kier alpha value is -1.71. The first-order chi connectivity index (χ1) is 11.3. The topological polar surface area (TPSA) is 137 Å². The Morgan fingerprint density at radius 2 is 1.92 bits per heavy atom. The van der Waals surface area contributed by atoms with E-state index < -0.39 is 37.3 Å². The summed E-state index contributed by atoms with van der Waals surface area (Å²) in [4.78, 5) is 11.1. The molecule has 0 amide bonds. The number of aliphatic hydroxyl groups excluding tert-OH is 4. The van der Waals surface area contributed by atoms with Crippen LogP contribution in [-0.2, 0) is 16.0 Å². The van der Waals surface area contributed by atoms with E-state index in [2.05, 4.69) is 0 Å². The van der Waals surface area contributed by atoms with Gasteiger partial charge in [0.05, 0.1) is 6.61 Å². The third kappa shape index (κ3) is 4.22. The molecule has 1 aliphatic heterocycles. The lowest BCUT2D eigenvalue weighted by Gasteiger charge is -2.39. The number of rotatable bonds is 6. The fourth-order valence-corrected chi connectivity index (χ4v) is 2.42. The smallest absolute Gasteiger partial charge is 0.229 e. The Bertz CT molecular complexity index is 573. The zero-order chi connectivity index (χ0) is 17.9. The number of ether oxygens (including phenoxy) is 2. The number of Topliss-reactive ketones (excluding diaryl/α,β-unsaturated/α-hetero) is 1. The van der Waals surface area contributed by atoms with Gasteiger partial charge in [0, 0.05) is 6.42 Å². The van der Waals surface area contributed by atoms with Crippen molar-refractivity contribution >= 4 is 5.78 Å². The maximum absolute atomic E-state index is 11.1. The summed E-state index contributed by atoms with van der Waals surface area (Å²) in [6.45, 7) is 0.904. The first kappa shape index (κ1) is 18.6. The molecule has 0 aromatic heterocycles. The highest BCUT2D eigenvalue weighted by Gasteiger charge is 2.44. The number of ketones is 1. The second-order valence-corrected chi connectivity index (χ2v) is 5.82. The van der Waals surface area contributed by atoms with E-state index >= 15 is 0 Å². The van der Waals surface area contributed by atoms with Gasteiger partial charge in [-0.2, -0.15) is 0 Å². The molecule has 0 aliphatic carbocycles. The second kappa shape index (κ2) is 7.91. The number of carbonyl (C=O) groups is 1. The van der Waals surface area contributed by atoms with Crippen molar-refractivity contribution in [3.05, 3.63) is 23.8 Å². The number of hydrogen-bond acceptors (Lipinski definition) is 8. The highest BCUT2D eigenvalue weighted by Crippen LogP contribution is 2.31. The van der Waals surface area contributed by atoms with Crippen molar-refractivity contribution in [1.29, 1.82) is 0 Å². The molecule has 134 valence electrons. The van der Waals surface area contributed by atoms with Crippen molar-refractivity contribution < 1.29 is 39.8 Å². The number of aryl methyl sites for hydroxylation is 1. The van der Waals surface area contributed by atoms with Gasteiger partial charge in [-0.1, -0.05) is 6.07 Å². The summed E-state index contributed by atoms with van der Waals surface area (Å²) in [6.07, 6.45) is -6.30. The van der Waals surface area contributed by atoms with Gasteiger partial charge in [0.2, 0.25) is 6.29 Å². The SMILES string of the molecule is CC(=O)CCc1ccc(O)c(O[C@H]2O[C@@H](CO)[C@H](O)[C@@H](O)[C@@H]2O)c1. The number of phenolic OH excluding ortho intramolecular Hbond substituents is 1.